The Morgan fingerprint density at radius 1 is 0.553 bits per heavy atom. The van der Waals surface area contributed by atoms with Crippen molar-refractivity contribution in [3.63, 3.8) is 0 Å². The molecule has 0 spiro atoms. The van der Waals surface area contributed by atoms with Crippen LogP contribution in [-0.2, 0) is 22.7 Å². The van der Waals surface area contributed by atoms with Crippen molar-refractivity contribution in [1.29, 1.82) is 0 Å². The number of carbonyl (C=O) groups is 4. The van der Waals surface area contributed by atoms with Crippen molar-refractivity contribution in [3.8, 4) is 0 Å². The maximum absolute atomic E-state index is 11.5. The second kappa shape index (κ2) is 13.7. The first-order valence-electron chi connectivity index (χ1n) is 12.1. The summed E-state index contributed by atoms with van der Waals surface area (Å²) in [7, 11) is 0. The van der Waals surface area contributed by atoms with Crippen molar-refractivity contribution in [2.75, 3.05) is 65.4 Å². The first-order chi connectivity index (χ1) is 18.1. The molecule has 4 N–H and O–H groups in total. The third-order valence-corrected chi connectivity index (χ3v) is 6.15. The van der Waals surface area contributed by atoms with E-state index in [0.717, 1.165) is 0 Å². The Kier molecular flexibility index (Phi) is 10.4. The van der Waals surface area contributed by atoms with Crippen molar-refractivity contribution in [1.82, 2.24) is 19.6 Å². The van der Waals surface area contributed by atoms with Gasteiger partial charge in [-0.15, -0.1) is 0 Å². The molecule has 1 aliphatic rings. The van der Waals surface area contributed by atoms with Crippen LogP contribution in [0.5, 0.6) is 0 Å². The third kappa shape index (κ3) is 9.30. The summed E-state index contributed by atoms with van der Waals surface area (Å²) in [5, 5.41) is 37.1. The van der Waals surface area contributed by atoms with Crippen molar-refractivity contribution in [2.24, 2.45) is 0 Å². The number of aromatic carboxylic acids is 2. The van der Waals surface area contributed by atoms with Crippen LogP contribution in [0.4, 0.5) is 0 Å². The molecule has 0 unspecified atom stereocenters. The van der Waals surface area contributed by atoms with Gasteiger partial charge in [0.2, 0.25) is 11.5 Å². The van der Waals surface area contributed by atoms with Gasteiger partial charge in [0, 0.05) is 52.4 Å². The molecule has 1 saturated heterocycles. The summed E-state index contributed by atoms with van der Waals surface area (Å²) in [6, 6.07) is 5.89. The van der Waals surface area contributed by atoms with Crippen LogP contribution in [0.15, 0.2) is 33.1 Å². The smallest absolute Gasteiger partial charge is 0.371 e. The van der Waals surface area contributed by atoms with E-state index in [4.69, 9.17) is 19.0 Å². The van der Waals surface area contributed by atoms with Gasteiger partial charge in [-0.1, -0.05) is 0 Å². The zero-order chi connectivity index (χ0) is 27.7. The van der Waals surface area contributed by atoms with E-state index >= 15 is 0 Å². The number of nitrogens with zero attached hydrogens (tertiary/aromatic N) is 4. The fraction of sp³-hybridized carbons (Fsp3) is 0.500. The van der Waals surface area contributed by atoms with Gasteiger partial charge in [-0.2, -0.15) is 0 Å². The van der Waals surface area contributed by atoms with Crippen LogP contribution in [0.3, 0.4) is 0 Å². The highest BCUT2D eigenvalue weighted by Crippen LogP contribution is 2.13. The molecule has 1 aliphatic heterocycles. The van der Waals surface area contributed by atoms with Gasteiger partial charge in [0.25, 0.3) is 0 Å². The Balaban J connectivity index is 1.75. The van der Waals surface area contributed by atoms with Crippen LogP contribution >= 0.6 is 0 Å². The Morgan fingerprint density at radius 3 is 1.13 bits per heavy atom. The zero-order valence-electron chi connectivity index (χ0n) is 20.8. The largest absolute Gasteiger partial charge is 0.480 e. The van der Waals surface area contributed by atoms with Crippen LogP contribution in [0.25, 0.3) is 0 Å². The number of carboxylic acid groups (broad SMARTS) is 4. The molecule has 3 heterocycles. The molecule has 0 aliphatic carbocycles. The predicted molar refractivity (Wildman–Crippen MR) is 130 cm³/mol. The second-order valence-electron chi connectivity index (χ2n) is 9.03. The van der Waals surface area contributed by atoms with Gasteiger partial charge in [0.1, 0.15) is 11.5 Å². The summed E-state index contributed by atoms with van der Waals surface area (Å²) in [5.41, 5.74) is 0. The van der Waals surface area contributed by atoms with Gasteiger partial charge in [-0.3, -0.25) is 29.2 Å². The van der Waals surface area contributed by atoms with Crippen LogP contribution in [0.2, 0.25) is 0 Å². The van der Waals surface area contributed by atoms with Gasteiger partial charge in [-0.25, -0.2) is 9.59 Å². The molecule has 0 amide bonds. The molecule has 2 aromatic rings. The molecule has 0 atom stereocenters. The van der Waals surface area contributed by atoms with Crippen LogP contribution in [0, 0.1) is 0 Å². The Labute approximate surface area is 218 Å². The minimum atomic E-state index is -1.18. The first kappa shape index (κ1) is 28.8. The van der Waals surface area contributed by atoms with Gasteiger partial charge >= 0.3 is 23.9 Å². The topological polar surface area (TPSA) is 188 Å². The highest BCUT2D eigenvalue weighted by atomic mass is 16.4. The van der Waals surface area contributed by atoms with Gasteiger partial charge in [-0.05, 0) is 24.3 Å². The zero-order valence-corrected chi connectivity index (χ0v) is 20.8. The molecule has 208 valence electrons. The SMILES string of the molecule is O=C(O)CN1CCN(Cc2ccc(C(=O)O)o2)CCN(CC(=O)O)CCN(Cc2ccc(C(=O)O)o2)CC1. The lowest BCUT2D eigenvalue weighted by Crippen LogP contribution is -2.47. The molecule has 0 radical (unpaired) electrons. The lowest BCUT2D eigenvalue weighted by atomic mass is 10.3. The summed E-state index contributed by atoms with van der Waals surface area (Å²) < 4.78 is 10.8. The summed E-state index contributed by atoms with van der Waals surface area (Å²) in [4.78, 5) is 52.8. The fourth-order valence-electron chi connectivity index (χ4n) is 4.19. The highest BCUT2D eigenvalue weighted by molar-refractivity contribution is 5.84. The van der Waals surface area contributed by atoms with Gasteiger partial charge in [0.15, 0.2) is 0 Å². The van der Waals surface area contributed by atoms with E-state index in [1.165, 1.54) is 12.1 Å². The number of hydrogen-bond donors (Lipinski definition) is 4. The number of hydrogen-bond acceptors (Lipinski definition) is 10. The third-order valence-electron chi connectivity index (χ3n) is 6.15. The van der Waals surface area contributed by atoms with E-state index in [2.05, 4.69) is 0 Å². The average molecular weight is 537 g/mol. The molecular weight excluding hydrogens is 504 g/mol. The predicted octanol–water partition coefficient (Wildman–Crippen LogP) is 0.360. The highest BCUT2D eigenvalue weighted by Gasteiger charge is 2.21. The van der Waals surface area contributed by atoms with Crippen molar-refractivity contribution < 1.29 is 48.4 Å². The van der Waals surface area contributed by atoms with E-state index in [9.17, 15) is 29.4 Å². The number of furan rings is 2. The number of rotatable bonds is 10. The molecule has 0 bridgehead atoms. The molecular formula is C24H32N4O10. The normalized spacial score (nSPS) is 17.5. The molecule has 3 rings (SSSR count). The van der Waals surface area contributed by atoms with Crippen molar-refractivity contribution >= 4 is 23.9 Å². The van der Waals surface area contributed by atoms with Crippen molar-refractivity contribution in [3.05, 3.63) is 47.3 Å². The summed E-state index contributed by atoms with van der Waals surface area (Å²) >= 11 is 0. The van der Waals surface area contributed by atoms with Crippen LogP contribution in [0.1, 0.15) is 32.6 Å². The summed E-state index contributed by atoms with van der Waals surface area (Å²) in [6.07, 6.45) is 0. The molecule has 0 aromatic carbocycles. The van der Waals surface area contributed by atoms with Crippen LogP contribution < -0.4 is 0 Å². The quantitative estimate of drug-likeness (QED) is 0.326. The van der Waals surface area contributed by atoms with E-state index < -0.39 is 23.9 Å². The monoisotopic (exact) mass is 536 g/mol. The molecule has 0 saturated carbocycles. The Morgan fingerprint density at radius 2 is 0.868 bits per heavy atom. The maximum atomic E-state index is 11.5. The first-order valence-corrected chi connectivity index (χ1v) is 12.1. The van der Waals surface area contributed by atoms with Crippen molar-refractivity contribution in [2.45, 2.75) is 13.1 Å². The molecule has 14 heteroatoms. The standard InChI is InChI=1S/C24H32N4O10/c29-21(30)15-27-9-5-25(13-17-1-3-19(37-17)23(33)34)6-10-28(16-22(31)32)12-8-26(7-11-27)14-18-2-4-20(38-18)24(35)36/h1-4H,5-16H2,(H,29,30)(H,31,32)(H,33,34)(H,35,36). The molecule has 1 fully saturated rings. The van der Waals surface area contributed by atoms with Crippen LogP contribution in [-0.4, -0.2) is 129 Å². The lowest BCUT2D eigenvalue weighted by Gasteiger charge is -2.33. The minimum Gasteiger partial charge on any atom is -0.480 e. The summed E-state index contributed by atoms with van der Waals surface area (Å²) in [6.45, 7) is 3.57. The molecule has 14 nitrogen and oxygen atoms in total. The Hall–Kier alpha value is -3.72. The average Bonchev–Trinajstić information content (AvgIpc) is 3.50. The fourth-order valence-corrected chi connectivity index (χ4v) is 4.19. The van der Waals surface area contributed by atoms with E-state index in [1.807, 2.05) is 9.80 Å². The second-order valence-corrected chi connectivity index (χ2v) is 9.03. The molecule has 2 aromatic heterocycles. The lowest BCUT2D eigenvalue weighted by molar-refractivity contribution is -0.139. The number of aliphatic carboxylic acids is 2. The molecule has 38 heavy (non-hydrogen) atoms. The van der Waals surface area contributed by atoms with E-state index in [0.29, 0.717) is 63.9 Å². The van der Waals surface area contributed by atoms with Gasteiger partial charge < -0.3 is 29.3 Å². The van der Waals surface area contributed by atoms with Gasteiger partial charge in [0.05, 0.1) is 26.2 Å². The minimum absolute atomic E-state index is 0.179. The maximum Gasteiger partial charge on any atom is 0.371 e. The van der Waals surface area contributed by atoms with E-state index in [1.54, 1.807) is 21.9 Å². The Bertz CT molecular complexity index is 1010. The summed E-state index contributed by atoms with van der Waals surface area (Å²) in [5.74, 6) is -3.78. The number of carboxylic acids is 4. The van der Waals surface area contributed by atoms with E-state index in [-0.39, 0.29) is 37.7 Å².